The van der Waals surface area contributed by atoms with Gasteiger partial charge in [0, 0.05) is 31.6 Å². The van der Waals surface area contributed by atoms with Crippen molar-refractivity contribution in [2.75, 3.05) is 11.9 Å². The van der Waals surface area contributed by atoms with E-state index in [4.69, 9.17) is 0 Å². The minimum absolute atomic E-state index is 0.0702. The summed E-state index contributed by atoms with van der Waals surface area (Å²) in [5.74, 6) is 0.0807. The van der Waals surface area contributed by atoms with Crippen LogP contribution in [0.4, 0.5) is 5.69 Å². The molecule has 0 atom stereocenters. The van der Waals surface area contributed by atoms with Crippen LogP contribution in [0.1, 0.15) is 38.2 Å². The molecule has 0 spiro atoms. The Morgan fingerprint density at radius 2 is 2.00 bits per heavy atom. The Morgan fingerprint density at radius 1 is 1.24 bits per heavy atom. The molecule has 2 rings (SSSR count). The quantitative estimate of drug-likeness (QED) is 0.639. The highest BCUT2D eigenvalue weighted by molar-refractivity contribution is 5.89. The second-order valence-corrected chi connectivity index (χ2v) is 5.46. The van der Waals surface area contributed by atoms with Gasteiger partial charge in [-0.3, -0.25) is 9.59 Å². The van der Waals surface area contributed by atoms with Gasteiger partial charge in [0.2, 0.25) is 11.8 Å². The van der Waals surface area contributed by atoms with Crippen LogP contribution in [0, 0.1) is 0 Å². The zero-order chi connectivity index (χ0) is 15.1. The number of nitrogens with one attached hydrogen (secondary N) is 3. The maximum atomic E-state index is 11.5. The van der Waals surface area contributed by atoms with E-state index in [1.54, 1.807) is 0 Å². The van der Waals surface area contributed by atoms with Gasteiger partial charge >= 0.3 is 0 Å². The van der Waals surface area contributed by atoms with Crippen molar-refractivity contribution in [1.29, 1.82) is 0 Å². The lowest BCUT2D eigenvalue weighted by Crippen LogP contribution is -2.26. The molecule has 1 aromatic carbocycles. The maximum Gasteiger partial charge on any atom is 0.221 e. The fourth-order valence-corrected chi connectivity index (χ4v) is 2.11. The highest BCUT2D eigenvalue weighted by Gasteiger charge is 2.22. The standard InChI is InChI=1S/C16H23N3O2/c1-12(20)18-15-6-3-2-5-13(15)11-17-10-4-7-16(21)19-14-8-9-14/h2-3,5-6,14,17H,4,7-11H2,1H3,(H,18,20)(H,19,21). The number of hydrogen-bond acceptors (Lipinski definition) is 3. The van der Waals surface area contributed by atoms with E-state index in [1.165, 1.54) is 6.92 Å². The molecule has 1 aromatic rings. The van der Waals surface area contributed by atoms with Gasteiger partial charge in [-0.25, -0.2) is 0 Å². The number of carbonyl (C=O) groups excluding carboxylic acids is 2. The van der Waals surface area contributed by atoms with Crippen molar-refractivity contribution in [1.82, 2.24) is 10.6 Å². The van der Waals surface area contributed by atoms with E-state index in [9.17, 15) is 9.59 Å². The monoisotopic (exact) mass is 289 g/mol. The summed E-state index contributed by atoms with van der Waals surface area (Å²) in [7, 11) is 0. The second kappa shape index (κ2) is 7.78. The third kappa shape index (κ3) is 5.95. The topological polar surface area (TPSA) is 70.2 Å². The van der Waals surface area contributed by atoms with E-state index in [2.05, 4.69) is 16.0 Å². The molecule has 2 amide bonds. The molecule has 1 saturated carbocycles. The normalized spacial score (nSPS) is 13.8. The Labute approximate surface area is 125 Å². The van der Waals surface area contributed by atoms with Gasteiger partial charge in [0.15, 0.2) is 0 Å². The maximum absolute atomic E-state index is 11.5. The van der Waals surface area contributed by atoms with Crippen molar-refractivity contribution >= 4 is 17.5 Å². The average molecular weight is 289 g/mol. The number of rotatable bonds is 8. The molecule has 5 heteroatoms. The van der Waals surface area contributed by atoms with Crippen LogP contribution in [-0.2, 0) is 16.1 Å². The number of benzene rings is 1. The van der Waals surface area contributed by atoms with Crippen molar-refractivity contribution in [3.63, 3.8) is 0 Å². The first kappa shape index (κ1) is 15.5. The van der Waals surface area contributed by atoms with Crippen LogP contribution in [0.2, 0.25) is 0 Å². The van der Waals surface area contributed by atoms with E-state index in [1.807, 2.05) is 24.3 Å². The molecule has 114 valence electrons. The Balaban J connectivity index is 1.65. The predicted octanol–water partition coefficient (Wildman–Crippen LogP) is 1.79. The van der Waals surface area contributed by atoms with Gasteiger partial charge in [-0.2, -0.15) is 0 Å². The fraction of sp³-hybridized carbons (Fsp3) is 0.500. The number of amides is 2. The Morgan fingerprint density at radius 3 is 2.71 bits per heavy atom. The average Bonchev–Trinajstić information content (AvgIpc) is 3.23. The first-order chi connectivity index (χ1) is 10.1. The Hall–Kier alpha value is -1.88. The highest BCUT2D eigenvalue weighted by Crippen LogP contribution is 2.18. The fourth-order valence-electron chi connectivity index (χ4n) is 2.11. The van der Waals surface area contributed by atoms with E-state index in [0.717, 1.165) is 37.1 Å². The van der Waals surface area contributed by atoms with E-state index in [0.29, 0.717) is 19.0 Å². The van der Waals surface area contributed by atoms with Gasteiger partial charge in [0.05, 0.1) is 0 Å². The molecule has 0 radical (unpaired) electrons. The molecular formula is C16H23N3O2. The zero-order valence-electron chi connectivity index (χ0n) is 12.4. The van der Waals surface area contributed by atoms with E-state index >= 15 is 0 Å². The highest BCUT2D eigenvalue weighted by atomic mass is 16.2. The van der Waals surface area contributed by atoms with Crippen molar-refractivity contribution < 1.29 is 9.59 Å². The van der Waals surface area contributed by atoms with Crippen molar-refractivity contribution in [2.45, 2.75) is 45.2 Å². The van der Waals surface area contributed by atoms with Crippen molar-refractivity contribution in [3.05, 3.63) is 29.8 Å². The molecule has 21 heavy (non-hydrogen) atoms. The molecule has 1 aliphatic carbocycles. The van der Waals surface area contributed by atoms with Gasteiger partial charge in [0.1, 0.15) is 0 Å². The summed E-state index contributed by atoms with van der Waals surface area (Å²) in [6.45, 7) is 2.97. The largest absolute Gasteiger partial charge is 0.353 e. The molecule has 0 bridgehead atoms. The predicted molar refractivity (Wildman–Crippen MR) is 82.9 cm³/mol. The molecular weight excluding hydrogens is 266 g/mol. The number of anilines is 1. The smallest absolute Gasteiger partial charge is 0.221 e. The van der Waals surface area contributed by atoms with Crippen molar-refractivity contribution in [3.8, 4) is 0 Å². The van der Waals surface area contributed by atoms with Gasteiger partial charge in [0.25, 0.3) is 0 Å². The van der Waals surface area contributed by atoms with Gasteiger partial charge < -0.3 is 16.0 Å². The summed E-state index contributed by atoms with van der Waals surface area (Å²) < 4.78 is 0. The summed E-state index contributed by atoms with van der Waals surface area (Å²) in [6.07, 6.45) is 3.64. The molecule has 0 unspecified atom stereocenters. The van der Waals surface area contributed by atoms with Crippen LogP contribution < -0.4 is 16.0 Å². The number of hydrogen-bond donors (Lipinski definition) is 3. The molecule has 0 saturated heterocycles. The van der Waals surface area contributed by atoms with E-state index < -0.39 is 0 Å². The van der Waals surface area contributed by atoms with Crippen LogP contribution >= 0.6 is 0 Å². The van der Waals surface area contributed by atoms with Crippen LogP contribution in [0.5, 0.6) is 0 Å². The van der Waals surface area contributed by atoms with Crippen LogP contribution in [0.15, 0.2) is 24.3 Å². The summed E-state index contributed by atoms with van der Waals surface area (Å²) in [5, 5.41) is 9.11. The zero-order valence-corrected chi connectivity index (χ0v) is 12.4. The molecule has 5 nitrogen and oxygen atoms in total. The van der Waals surface area contributed by atoms with Crippen LogP contribution in [0.3, 0.4) is 0 Å². The van der Waals surface area contributed by atoms with E-state index in [-0.39, 0.29) is 11.8 Å². The van der Waals surface area contributed by atoms with Crippen LogP contribution in [0.25, 0.3) is 0 Å². The summed E-state index contributed by atoms with van der Waals surface area (Å²) >= 11 is 0. The van der Waals surface area contributed by atoms with Crippen LogP contribution in [-0.4, -0.2) is 24.4 Å². The summed E-state index contributed by atoms with van der Waals surface area (Å²) in [4.78, 5) is 22.6. The number of para-hydroxylation sites is 1. The third-order valence-electron chi connectivity index (χ3n) is 3.34. The van der Waals surface area contributed by atoms with Gasteiger partial charge in [-0.05, 0) is 37.4 Å². The lowest BCUT2D eigenvalue weighted by atomic mass is 10.1. The lowest BCUT2D eigenvalue weighted by molar-refractivity contribution is -0.121. The molecule has 1 fully saturated rings. The Kier molecular flexibility index (Phi) is 5.75. The summed E-state index contributed by atoms with van der Waals surface area (Å²) in [5.41, 5.74) is 1.89. The molecule has 0 aliphatic heterocycles. The minimum Gasteiger partial charge on any atom is -0.353 e. The Bertz CT molecular complexity index is 498. The molecule has 0 heterocycles. The third-order valence-corrected chi connectivity index (χ3v) is 3.34. The first-order valence-corrected chi connectivity index (χ1v) is 7.50. The van der Waals surface area contributed by atoms with Gasteiger partial charge in [-0.15, -0.1) is 0 Å². The van der Waals surface area contributed by atoms with Crippen molar-refractivity contribution in [2.24, 2.45) is 0 Å². The first-order valence-electron chi connectivity index (χ1n) is 7.50. The molecule has 3 N–H and O–H groups in total. The van der Waals surface area contributed by atoms with Gasteiger partial charge in [-0.1, -0.05) is 18.2 Å². The minimum atomic E-state index is -0.0702. The SMILES string of the molecule is CC(=O)Nc1ccccc1CNCCCC(=O)NC1CC1. The molecule has 0 aromatic heterocycles. The lowest BCUT2D eigenvalue weighted by Gasteiger charge is -2.10. The molecule has 1 aliphatic rings. The summed E-state index contributed by atoms with van der Waals surface area (Å²) in [6, 6.07) is 8.16. The number of carbonyl (C=O) groups is 2. The second-order valence-electron chi connectivity index (χ2n) is 5.46.